The molecule has 1 aromatic heterocycles. The van der Waals surface area contributed by atoms with Gasteiger partial charge in [0, 0.05) is 18.2 Å². The fraction of sp³-hybridized carbons (Fsp3) is 0.400. The summed E-state index contributed by atoms with van der Waals surface area (Å²) < 4.78 is 42.9. The van der Waals surface area contributed by atoms with E-state index in [4.69, 9.17) is 0 Å². The number of carbonyl (C=O) groups is 1. The number of rotatable bonds is 7. The van der Waals surface area contributed by atoms with Gasteiger partial charge in [0.15, 0.2) is 5.16 Å². The smallest absolute Gasteiger partial charge is 0.405 e. The zero-order valence-electron chi connectivity index (χ0n) is 13.6. The molecule has 6 nitrogen and oxygen atoms in total. The molecule has 0 aliphatic rings. The van der Waals surface area contributed by atoms with Crippen LogP contribution in [0.25, 0.3) is 0 Å². The number of amides is 1. The molecule has 2 rings (SSSR count). The summed E-state index contributed by atoms with van der Waals surface area (Å²) in [4.78, 5) is 11.9. The Balaban J connectivity index is 1.89. The van der Waals surface area contributed by atoms with Crippen molar-refractivity contribution < 1.29 is 22.7 Å². The summed E-state index contributed by atoms with van der Waals surface area (Å²) in [5.41, 5.74) is 0.239. The average molecular weight is 374 g/mol. The van der Waals surface area contributed by atoms with Crippen molar-refractivity contribution in [3.8, 4) is 5.75 Å². The molecule has 0 radical (unpaired) electrons. The first kappa shape index (κ1) is 19.1. The summed E-state index contributed by atoms with van der Waals surface area (Å²) >= 11 is 1.21. The summed E-state index contributed by atoms with van der Waals surface area (Å²) in [5, 5.41) is 10.9. The highest BCUT2D eigenvalue weighted by Gasteiger charge is 2.31. The Hall–Kier alpha value is -2.23. The van der Waals surface area contributed by atoms with Crippen LogP contribution >= 0.6 is 11.8 Å². The highest BCUT2D eigenvalue weighted by molar-refractivity contribution is 7.99. The molecule has 10 heteroatoms. The molecule has 0 unspecified atom stereocenters. The number of thioether (sulfide) groups is 1. The molecular formula is C15H17F3N4O2S. The van der Waals surface area contributed by atoms with E-state index < -0.39 is 6.36 Å². The predicted molar refractivity (Wildman–Crippen MR) is 86.1 cm³/mol. The first-order valence-corrected chi connectivity index (χ1v) is 8.37. The molecule has 0 fully saturated rings. The Labute approximate surface area is 146 Å². The molecule has 1 amide bonds. The Kier molecular flexibility index (Phi) is 6.29. The van der Waals surface area contributed by atoms with Crippen LogP contribution in [0.5, 0.6) is 5.75 Å². The van der Waals surface area contributed by atoms with E-state index in [0.29, 0.717) is 5.16 Å². The van der Waals surface area contributed by atoms with Crippen molar-refractivity contribution in [1.82, 2.24) is 20.1 Å². The number of alkyl halides is 3. The van der Waals surface area contributed by atoms with Gasteiger partial charge in [0.1, 0.15) is 12.1 Å². The van der Waals surface area contributed by atoms with Crippen LogP contribution in [0.15, 0.2) is 35.7 Å². The van der Waals surface area contributed by atoms with Crippen molar-refractivity contribution in [2.24, 2.45) is 0 Å². The normalized spacial score (nSPS) is 11.6. The number of nitrogens with zero attached hydrogens (tertiary/aromatic N) is 3. The van der Waals surface area contributed by atoms with Crippen LogP contribution in [0.4, 0.5) is 13.2 Å². The summed E-state index contributed by atoms with van der Waals surface area (Å²) in [5.74, 6) is -0.583. The number of benzene rings is 1. The van der Waals surface area contributed by atoms with Gasteiger partial charge in [-0.05, 0) is 19.9 Å². The highest BCUT2D eigenvalue weighted by atomic mass is 32.2. The molecule has 25 heavy (non-hydrogen) atoms. The van der Waals surface area contributed by atoms with Crippen LogP contribution in [0.1, 0.15) is 25.5 Å². The number of hydrogen-bond donors (Lipinski definition) is 1. The van der Waals surface area contributed by atoms with Gasteiger partial charge in [-0.15, -0.1) is 23.4 Å². The number of ether oxygens (including phenoxy) is 1. The Morgan fingerprint density at radius 2 is 2.08 bits per heavy atom. The third-order valence-corrected chi connectivity index (χ3v) is 4.06. The third-order valence-electron chi connectivity index (χ3n) is 3.10. The molecule has 1 aromatic carbocycles. The SMILES string of the molecule is CC(C)n1cnnc1SCC(=O)NCc1ccccc1OC(F)(F)F. The lowest BCUT2D eigenvalue weighted by Gasteiger charge is -2.13. The maximum atomic E-state index is 12.4. The third kappa shape index (κ3) is 5.96. The van der Waals surface area contributed by atoms with Crippen LogP contribution in [0.3, 0.4) is 0 Å². The number of hydrogen-bond acceptors (Lipinski definition) is 5. The van der Waals surface area contributed by atoms with E-state index in [-0.39, 0.29) is 35.6 Å². The first-order chi connectivity index (χ1) is 11.8. The van der Waals surface area contributed by atoms with Gasteiger partial charge in [-0.25, -0.2) is 0 Å². The molecule has 1 heterocycles. The molecule has 2 aromatic rings. The molecule has 0 bridgehead atoms. The molecule has 0 atom stereocenters. The van der Waals surface area contributed by atoms with E-state index >= 15 is 0 Å². The van der Waals surface area contributed by atoms with Crippen LogP contribution in [-0.4, -0.2) is 32.8 Å². The molecule has 0 saturated carbocycles. The first-order valence-electron chi connectivity index (χ1n) is 7.39. The number of nitrogens with one attached hydrogen (secondary N) is 1. The molecular weight excluding hydrogens is 357 g/mol. The van der Waals surface area contributed by atoms with Crippen LogP contribution < -0.4 is 10.1 Å². The molecule has 0 spiro atoms. The van der Waals surface area contributed by atoms with E-state index in [2.05, 4.69) is 20.3 Å². The lowest BCUT2D eigenvalue weighted by atomic mass is 10.2. The minimum absolute atomic E-state index is 0.0669. The number of halogens is 3. The molecule has 0 aliphatic heterocycles. The van der Waals surface area contributed by atoms with E-state index in [9.17, 15) is 18.0 Å². The summed E-state index contributed by atoms with van der Waals surface area (Å²) in [6.45, 7) is 3.86. The highest BCUT2D eigenvalue weighted by Crippen LogP contribution is 2.26. The van der Waals surface area contributed by atoms with E-state index in [1.807, 2.05) is 18.4 Å². The summed E-state index contributed by atoms with van der Waals surface area (Å²) in [6.07, 6.45) is -3.20. The van der Waals surface area contributed by atoms with Gasteiger partial charge in [0.2, 0.25) is 5.91 Å². The predicted octanol–water partition coefficient (Wildman–Crippen LogP) is 3.17. The van der Waals surface area contributed by atoms with Crippen LogP contribution in [-0.2, 0) is 11.3 Å². The zero-order chi connectivity index (χ0) is 18.4. The monoisotopic (exact) mass is 374 g/mol. The van der Waals surface area contributed by atoms with E-state index in [1.54, 1.807) is 12.4 Å². The topological polar surface area (TPSA) is 69.0 Å². The fourth-order valence-corrected chi connectivity index (χ4v) is 2.81. The maximum absolute atomic E-state index is 12.4. The maximum Gasteiger partial charge on any atom is 0.573 e. The molecule has 0 aliphatic carbocycles. The van der Waals surface area contributed by atoms with Gasteiger partial charge in [0.05, 0.1) is 5.75 Å². The Bertz CT molecular complexity index is 719. The van der Waals surface area contributed by atoms with Crippen molar-refractivity contribution in [2.45, 2.75) is 38.0 Å². The van der Waals surface area contributed by atoms with Crippen molar-refractivity contribution in [3.05, 3.63) is 36.2 Å². The zero-order valence-corrected chi connectivity index (χ0v) is 14.4. The Morgan fingerprint density at radius 1 is 1.36 bits per heavy atom. The average Bonchev–Trinajstić information content (AvgIpc) is 2.99. The number of aromatic nitrogens is 3. The second kappa shape index (κ2) is 8.24. The minimum Gasteiger partial charge on any atom is -0.405 e. The van der Waals surface area contributed by atoms with Gasteiger partial charge in [-0.2, -0.15) is 0 Å². The van der Waals surface area contributed by atoms with Crippen molar-refractivity contribution in [3.63, 3.8) is 0 Å². The lowest BCUT2D eigenvalue weighted by molar-refractivity contribution is -0.274. The van der Waals surface area contributed by atoms with Crippen LogP contribution in [0, 0.1) is 0 Å². The van der Waals surface area contributed by atoms with Crippen molar-refractivity contribution >= 4 is 17.7 Å². The van der Waals surface area contributed by atoms with Gasteiger partial charge < -0.3 is 14.6 Å². The largest absolute Gasteiger partial charge is 0.573 e. The molecule has 0 saturated heterocycles. The van der Waals surface area contributed by atoms with E-state index in [1.165, 1.54) is 30.0 Å². The second-order valence-corrected chi connectivity index (χ2v) is 6.28. The van der Waals surface area contributed by atoms with Gasteiger partial charge in [0.25, 0.3) is 0 Å². The summed E-state index contributed by atoms with van der Waals surface area (Å²) in [6, 6.07) is 5.83. The Morgan fingerprint density at radius 3 is 2.76 bits per heavy atom. The second-order valence-electron chi connectivity index (χ2n) is 5.34. The molecule has 136 valence electrons. The quantitative estimate of drug-likeness (QED) is 0.754. The lowest BCUT2D eigenvalue weighted by Crippen LogP contribution is -2.26. The minimum atomic E-state index is -4.78. The standard InChI is InChI=1S/C15H17F3N4O2S/c1-10(2)22-9-20-21-14(22)25-8-13(23)19-7-11-5-3-4-6-12(11)24-15(16,17)18/h3-6,9-10H,7-8H2,1-2H3,(H,19,23). The number of para-hydroxylation sites is 1. The van der Waals surface area contributed by atoms with E-state index in [0.717, 1.165) is 0 Å². The van der Waals surface area contributed by atoms with Gasteiger partial charge >= 0.3 is 6.36 Å². The van der Waals surface area contributed by atoms with Gasteiger partial charge in [-0.3, -0.25) is 4.79 Å². The van der Waals surface area contributed by atoms with Crippen molar-refractivity contribution in [1.29, 1.82) is 0 Å². The van der Waals surface area contributed by atoms with Crippen LogP contribution in [0.2, 0.25) is 0 Å². The molecule has 1 N–H and O–H groups in total. The van der Waals surface area contributed by atoms with Gasteiger partial charge in [-0.1, -0.05) is 30.0 Å². The number of carbonyl (C=O) groups excluding carboxylic acids is 1. The van der Waals surface area contributed by atoms with Crippen molar-refractivity contribution in [2.75, 3.05) is 5.75 Å². The fourth-order valence-electron chi connectivity index (χ4n) is 1.94. The summed E-state index contributed by atoms with van der Waals surface area (Å²) in [7, 11) is 0.